The van der Waals surface area contributed by atoms with E-state index in [1.807, 2.05) is 40.7 Å². The zero-order valence-corrected chi connectivity index (χ0v) is 20.4. The highest BCUT2D eigenvalue weighted by atomic mass is 32.1. The summed E-state index contributed by atoms with van der Waals surface area (Å²) in [4.78, 5) is 44.6. The number of carbonyl (C=O) groups is 3. The van der Waals surface area contributed by atoms with Gasteiger partial charge in [0.05, 0.1) is 5.56 Å². The third-order valence-corrected chi connectivity index (χ3v) is 7.49. The normalized spacial score (nSPS) is 21.4. The fraction of sp³-hybridized carbons (Fsp3) is 0.480. The summed E-state index contributed by atoms with van der Waals surface area (Å²) < 4.78 is 13.9. The highest BCUT2D eigenvalue weighted by Gasteiger charge is 2.55. The summed E-state index contributed by atoms with van der Waals surface area (Å²) in [6.45, 7) is 2.11. The van der Waals surface area contributed by atoms with Gasteiger partial charge < -0.3 is 15.1 Å². The van der Waals surface area contributed by atoms with E-state index in [-0.39, 0.29) is 30.0 Å². The average Bonchev–Trinajstić information content (AvgIpc) is 3.42. The summed E-state index contributed by atoms with van der Waals surface area (Å²) in [6.07, 6.45) is 2.07. The number of nitrogens with one attached hydrogen (secondary N) is 1. The Hall–Kier alpha value is -2.78. The van der Waals surface area contributed by atoms with E-state index in [9.17, 15) is 18.8 Å². The molecular formula is C25H31FN4O3S. The van der Waals surface area contributed by atoms with Gasteiger partial charge in [-0.05, 0) is 75.0 Å². The van der Waals surface area contributed by atoms with Crippen LogP contribution in [-0.2, 0) is 11.2 Å². The molecule has 9 heteroatoms. The maximum Gasteiger partial charge on any atom is 0.325 e. The number of hydrogen-bond acceptors (Lipinski definition) is 5. The summed E-state index contributed by atoms with van der Waals surface area (Å²) in [5.74, 6) is -0.782. The number of likely N-dealkylation sites (tertiary alicyclic amines) is 1. The van der Waals surface area contributed by atoms with Gasteiger partial charge >= 0.3 is 6.03 Å². The van der Waals surface area contributed by atoms with Gasteiger partial charge in [-0.25, -0.2) is 9.18 Å². The molecular weight excluding hydrogens is 455 g/mol. The smallest absolute Gasteiger partial charge is 0.325 e. The van der Waals surface area contributed by atoms with Gasteiger partial charge in [-0.15, -0.1) is 0 Å². The molecule has 1 aromatic heterocycles. The Balaban J connectivity index is 1.55. The van der Waals surface area contributed by atoms with Crippen LogP contribution >= 0.6 is 11.3 Å². The van der Waals surface area contributed by atoms with E-state index >= 15 is 0 Å². The van der Waals surface area contributed by atoms with Crippen LogP contribution in [0.3, 0.4) is 0 Å². The number of piperidine rings is 1. The lowest BCUT2D eigenvalue weighted by Gasteiger charge is -2.41. The van der Waals surface area contributed by atoms with Crippen LogP contribution in [0.25, 0.3) is 0 Å². The van der Waals surface area contributed by atoms with Crippen molar-refractivity contribution in [3.8, 4) is 0 Å². The molecule has 1 aromatic carbocycles. The summed E-state index contributed by atoms with van der Waals surface area (Å²) in [5, 5.41) is 6.73. The van der Waals surface area contributed by atoms with Gasteiger partial charge in [0.15, 0.2) is 0 Å². The number of carbonyl (C=O) groups excluding carboxylic acids is 3. The standard InChI is InChI=1S/C25H31FN4O3S/c1-28(2)10-4-11-30-23(32)25(27-24(30)33,16-18-5-3-6-21(26)15-18)20-7-12-29(13-8-20)22(31)19-9-14-34-17-19/h3,5-6,9,14-15,17,20H,4,7-8,10-13,16H2,1-2H3,(H,27,33)/t25-/m0/s1. The van der Waals surface area contributed by atoms with Crippen LogP contribution in [0, 0.1) is 11.7 Å². The molecule has 7 nitrogen and oxygen atoms in total. The van der Waals surface area contributed by atoms with Gasteiger partial charge in [0.25, 0.3) is 11.8 Å². The van der Waals surface area contributed by atoms with Gasteiger partial charge in [-0.2, -0.15) is 11.3 Å². The first-order valence-corrected chi connectivity index (χ1v) is 12.6. The van der Waals surface area contributed by atoms with Crippen LogP contribution < -0.4 is 5.32 Å². The molecule has 2 saturated heterocycles. The van der Waals surface area contributed by atoms with Gasteiger partial charge in [0.1, 0.15) is 11.4 Å². The van der Waals surface area contributed by atoms with Crippen molar-refractivity contribution in [1.29, 1.82) is 0 Å². The second-order valence-electron chi connectivity index (χ2n) is 9.40. The number of thiophene rings is 1. The molecule has 0 bridgehead atoms. The molecule has 4 rings (SSSR count). The molecule has 1 atom stereocenters. The first kappa shape index (κ1) is 24.3. The number of halogens is 1. The van der Waals surface area contributed by atoms with Crippen molar-refractivity contribution < 1.29 is 18.8 Å². The Morgan fingerprint density at radius 3 is 2.65 bits per heavy atom. The predicted molar refractivity (Wildman–Crippen MR) is 129 cm³/mol. The second-order valence-corrected chi connectivity index (χ2v) is 10.2. The highest BCUT2D eigenvalue weighted by Crippen LogP contribution is 2.37. The van der Waals surface area contributed by atoms with E-state index in [2.05, 4.69) is 5.32 Å². The Bertz CT molecular complexity index is 1040. The molecule has 4 amide bonds. The fourth-order valence-corrected chi connectivity index (χ4v) is 5.68. The molecule has 2 fully saturated rings. The third kappa shape index (κ3) is 5.00. The minimum Gasteiger partial charge on any atom is -0.339 e. The van der Waals surface area contributed by atoms with Gasteiger partial charge in [-0.1, -0.05) is 12.1 Å². The monoisotopic (exact) mass is 486 g/mol. The maximum absolute atomic E-state index is 13.9. The first-order chi connectivity index (χ1) is 16.3. The Kier molecular flexibility index (Phi) is 7.33. The molecule has 1 N–H and O–H groups in total. The zero-order chi connectivity index (χ0) is 24.3. The van der Waals surface area contributed by atoms with Crippen molar-refractivity contribution in [3.63, 3.8) is 0 Å². The van der Waals surface area contributed by atoms with Gasteiger partial charge in [-0.3, -0.25) is 14.5 Å². The number of rotatable bonds is 8. The van der Waals surface area contributed by atoms with Crippen molar-refractivity contribution in [2.45, 2.75) is 31.2 Å². The third-order valence-electron chi connectivity index (χ3n) is 6.81. The van der Waals surface area contributed by atoms with Crippen LogP contribution in [0.5, 0.6) is 0 Å². The molecule has 2 aromatic rings. The van der Waals surface area contributed by atoms with Crippen LogP contribution in [0.2, 0.25) is 0 Å². The average molecular weight is 487 g/mol. The molecule has 3 heterocycles. The zero-order valence-electron chi connectivity index (χ0n) is 19.6. The second kappa shape index (κ2) is 10.2. The van der Waals surface area contributed by atoms with Crippen molar-refractivity contribution in [3.05, 3.63) is 58.0 Å². The Morgan fingerprint density at radius 2 is 2.00 bits per heavy atom. The largest absolute Gasteiger partial charge is 0.339 e. The molecule has 182 valence electrons. The lowest BCUT2D eigenvalue weighted by Crippen LogP contribution is -2.58. The number of imide groups is 1. The van der Waals surface area contributed by atoms with Crippen molar-refractivity contribution in [2.75, 3.05) is 40.3 Å². The maximum atomic E-state index is 13.9. The van der Waals surface area contributed by atoms with Crippen LogP contribution in [0.15, 0.2) is 41.1 Å². The lowest BCUT2D eigenvalue weighted by molar-refractivity contribution is -0.134. The molecule has 34 heavy (non-hydrogen) atoms. The van der Waals surface area contributed by atoms with Crippen LogP contribution in [0.4, 0.5) is 9.18 Å². The first-order valence-electron chi connectivity index (χ1n) is 11.6. The molecule has 0 aliphatic carbocycles. The number of hydrogen-bond donors (Lipinski definition) is 1. The summed E-state index contributed by atoms with van der Waals surface area (Å²) >= 11 is 1.48. The van der Waals surface area contributed by atoms with E-state index in [4.69, 9.17) is 0 Å². The molecule has 0 spiro atoms. The highest BCUT2D eigenvalue weighted by molar-refractivity contribution is 7.08. The summed E-state index contributed by atoms with van der Waals surface area (Å²) in [5.41, 5.74) is 0.205. The van der Waals surface area contributed by atoms with E-state index in [1.54, 1.807) is 12.1 Å². The SMILES string of the molecule is CN(C)CCCN1C(=O)N[C@@](Cc2cccc(F)c2)(C2CCN(C(=O)c3ccsc3)CC2)C1=O. The van der Waals surface area contributed by atoms with Crippen molar-refractivity contribution in [2.24, 2.45) is 5.92 Å². The lowest BCUT2D eigenvalue weighted by atomic mass is 9.73. The fourth-order valence-electron chi connectivity index (χ4n) is 5.05. The minimum atomic E-state index is -1.14. The number of benzene rings is 1. The Labute approximate surface area is 203 Å². The predicted octanol–water partition coefficient (Wildman–Crippen LogP) is 3.22. The van der Waals surface area contributed by atoms with E-state index in [0.29, 0.717) is 50.0 Å². The number of urea groups is 1. The van der Waals surface area contributed by atoms with Gasteiger partial charge in [0.2, 0.25) is 0 Å². The minimum absolute atomic E-state index is 0.00836. The molecule has 0 radical (unpaired) electrons. The molecule has 0 saturated carbocycles. The molecule has 0 unspecified atom stereocenters. The molecule has 2 aliphatic heterocycles. The molecule has 2 aliphatic rings. The summed E-state index contributed by atoms with van der Waals surface area (Å²) in [7, 11) is 3.90. The van der Waals surface area contributed by atoms with E-state index < -0.39 is 11.6 Å². The quantitative estimate of drug-likeness (QED) is 0.582. The van der Waals surface area contributed by atoms with Crippen molar-refractivity contribution >= 4 is 29.2 Å². The van der Waals surface area contributed by atoms with Crippen LogP contribution in [-0.4, -0.2) is 78.4 Å². The van der Waals surface area contributed by atoms with Crippen molar-refractivity contribution in [1.82, 2.24) is 20.0 Å². The topological polar surface area (TPSA) is 73.0 Å². The number of nitrogens with zero attached hydrogens (tertiary/aromatic N) is 3. The van der Waals surface area contributed by atoms with E-state index in [1.165, 1.54) is 28.4 Å². The number of amides is 4. The Morgan fingerprint density at radius 1 is 1.24 bits per heavy atom. The van der Waals surface area contributed by atoms with E-state index in [0.717, 1.165) is 6.54 Å². The summed E-state index contributed by atoms with van der Waals surface area (Å²) in [6, 6.07) is 7.62. The van der Waals surface area contributed by atoms with Gasteiger partial charge in [0, 0.05) is 31.4 Å². The van der Waals surface area contributed by atoms with Crippen LogP contribution in [0.1, 0.15) is 35.2 Å².